The van der Waals surface area contributed by atoms with Gasteiger partial charge in [-0.1, -0.05) is 19.9 Å². The number of halogens is 2. The molecule has 0 saturated heterocycles. The van der Waals surface area contributed by atoms with Crippen LogP contribution in [0.25, 0.3) is 11.4 Å². The average molecular weight is 237 g/mol. The predicted octanol–water partition coefficient (Wildman–Crippen LogP) is 2.88. The maximum absolute atomic E-state index is 13.6. The minimum atomic E-state index is -0.622. The van der Waals surface area contributed by atoms with Gasteiger partial charge in [0.05, 0.1) is 5.56 Å². The van der Waals surface area contributed by atoms with Crippen molar-refractivity contribution in [3.05, 3.63) is 36.2 Å². The summed E-state index contributed by atoms with van der Waals surface area (Å²) in [6.07, 6.45) is 1.49. The lowest BCUT2D eigenvalue weighted by Gasteiger charge is -2.10. The van der Waals surface area contributed by atoms with Crippen molar-refractivity contribution in [2.45, 2.75) is 20.4 Å². The van der Waals surface area contributed by atoms with Crippen molar-refractivity contribution in [1.29, 1.82) is 0 Å². The van der Waals surface area contributed by atoms with Crippen LogP contribution < -0.4 is 0 Å². The maximum Gasteiger partial charge on any atom is 0.169 e. The van der Waals surface area contributed by atoms with Gasteiger partial charge in [0, 0.05) is 6.54 Å². The van der Waals surface area contributed by atoms with Crippen LogP contribution in [0, 0.1) is 17.6 Å². The first-order valence-corrected chi connectivity index (χ1v) is 5.41. The van der Waals surface area contributed by atoms with Crippen LogP contribution in [0.3, 0.4) is 0 Å². The number of hydrogen-bond acceptors (Lipinski definition) is 2. The summed E-state index contributed by atoms with van der Waals surface area (Å²) in [7, 11) is 0. The molecule has 0 spiro atoms. The molecule has 0 saturated carbocycles. The van der Waals surface area contributed by atoms with Gasteiger partial charge in [-0.05, 0) is 18.1 Å². The second kappa shape index (κ2) is 4.61. The highest BCUT2D eigenvalue weighted by Gasteiger charge is 2.17. The minimum Gasteiger partial charge on any atom is -0.313 e. The highest BCUT2D eigenvalue weighted by molar-refractivity contribution is 5.56. The molecular weight excluding hydrogens is 224 g/mol. The predicted molar refractivity (Wildman–Crippen MR) is 60.2 cm³/mol. The molecule has 0 aliphatic rings. The van der Waals surface area contributed by atoms with Gasteiger partial charge >= 0.3 is 0 Å². The summed E-state index contributed by atoms with van der Waals surface area (Å²) >= 11 is 0. The molecule has 17 heavy (non-hydrogen) atoms. The second-order valence-electron chi connectivity index (χ2n) is 4.30. The molecule has 2 aromatic rings. The van der Waals surface area contributed by atoms with Gasteiger partial charge in [0.15, 0.2) is 5.82 Å². The molecule has 0 amide bonds. The Kier molecular flexibility index (Phi) is 3.17. The summed E-state index contributed by atoms with van der Waals surface area (Å²) in [6, 6.07) is 3.76. The molecule has 90 valence electrons. The lowest BCUT2D eigenvalue weighted by Crippen LogP contribution is -2.06. The molecule has 0 atom stereocenters. The summed E-state index contributed by atoms with van der Waals surface area (Å²) in [4.78, 5) is 0. The molecule has 1 heterocycles. The minimum absolute atomic E-state index is 0.120. The summed E-state index contributed by atoms with van der Waals surface area (Å²) in [5.41, 5.74) is -0.120. The quantitative estimate of drug-likeness (QED) is 0.821. The monoisotopic (exact) mass is 237 g/mol. The highest BCUT2D eigenvalue weighted by Crippen LogP contribution is 2.24. The molecule has 0 N–H and O–H groups in total. The van der Waals surface area contributed by atoms with Gasteiger partial charge < -0.3 is 4.57 Å². The van der Waals surface area contributed by atoms with E-state index < -0.39 is 11.6 Å². The van der Waals surface area contributed by atoms with E-state index in [9.17, 15) is 8.78 Å². The summed E-state index contributed by atoms with van der Waals surface area (Å²) < 4.78 is 28.9. The fraction of sp³-hybridized carbons (Fsp3) is 0.333. The van der Waals surface area contributed by atoms with Crippen LogP contribution in [0.1, 0.15) is 13.8 Å². The van der Waals surface area contributed by atoms with Crippen LogP contribution in [0.2, 0.25) is 0 Å². The molecule has 0 unspecified atom stereocenters. The van der Waals surface area contributed by atoms with E-state index in [1.54, 1.807) is 4.57 Å². The summed E-state index contributed by atoms with van der Waals surface area (Å²) in [5, 5.41) is 7.51. The van der Waals surface area contributed by atoms with Gasteiger partial charge in [0.2, 0.25) is 0 Å². The summed E-state index contributed by atoms with van der Waals surface area (Å²) in [5.74, 6) is -0.667. The second-order valence-corrected chi connectivity index (χ2v) is 4.30. The topological polar surface area (TPSA) is 30.7 Å². The Hall–Kier alpha value is -1.78. The van der Waals surface area contributed by atoms with Crippen LogP contribution in [0.15, 0.2) is 24.5 Å². The van der Waals surface area contributed by atoms with Crippen molar-refractivity contribution in [1.82, 2.24) is 14.8 Å². The molecule has 0 aliphatic heterocycles. The fourth-order valence-electron chi connectivity index (χ4n) is 1.69. The number of hydrogen-bond donors (Lipinski definition) is 0. The molecule has 0 aliphatic carbocycles. The van der Waals surface area contributed by atoms with Crippen LogP contribution in [0.4, 0.5) is 8.78 Å². The molecule has 3 nitrogen and oxygen atoms in total. The van der Waals surface area contributed by atoms with Crippen LogP contribution in [-0.4, -0.2) is 14.8 Å². The normalized spacial score (nSPS) is 11.1. The number of nitrogens with zero attached hydrogens (tertiary/aromatic N) is 3. The Balaban J connectivity index is 2.50. The van der Waals surface area contributed by atoms with Gasteiger partial charge in [-0.25, -0.2) is 8.78 Å². The molecular formula is C12H13F2N3. The van der Waals surface area contributed by atoms with Crippen LogP contribution in [0.5, 0.6) is 0 Å². The molecule has 2 rings (SSSR count). The van der Waals surface area contributed by atoms with Crippen molar-refractivity contribution < 1.29 is 8.78 Å². The first kappa shape index (κ1) is 11.7. The van der Waals surface area contributed by atoms with E-state index in [4.69, 9.17) is 0 Å². The SMILES string of the molecule is CC(C)Cn1cnnc1-c1c(F)cccc1F. The van der Waals surface area contributed by atoms with Crippen molar-refractivity contribution in [3.8, 4) is 11.4 Å². The van der Waals surface area contributed by atoms with Crippen molar-refractivity contribution >= 4 is 0 Å². The molecule has 1 aromatic carbocycles. The van der Waals surface area contributed by atoms with Gasteiger partial charge in [0.1, 0.15) is 18.0 Å². The molecule has 0 bridgehead atoms. The largest absolute Gasteiger partial charge is 0.313 e. The molecule has 1 aromatic heterocycles. The Morgan fingerprint density at radius 1 is 1.24 bits per heavy atom. The maximum atomic E-state index is 13.6. The van der Waals surface area contributed by atoms with E-state index in [-0.39, 0.29) is 11.4 Å². The lowest BCUT2D eigenvalue weighted by molar-refractivity contribution is 0.520. The van der Waals surface area contributed by atoms with E-state index >= 15 is 0 Å². The van der Waals surface area contributed by atoms with Gasteiger partial charge in [0.25, 0.3) is 0 Å². The van der Waals surface area contributed by atoms with Crippen LogP contribution in [-0.2, 0) is 6.54 Å². The Labute approximate surface area is 98.1 Å². The van der Waals surface area contributed by atoms with E-state index in [1.807, 2.05) is 13.8 Å². The molecule has 5 heteroatoms. The van der Waals surface area contributed by atoms with Crippen LogP contribution >= 0.6 is 0 Å². The zero-order chi connectivity index (χ0) is 12.4. The number of aromatic nitrogens is 3. The Morgan fingerprint density at radius 3 is 2.47 bits per heavy atom. The fourth-order valence-corrected chi connectivity index (χ4v) is 1.69. The van der Waals surface area contributed by atoms with E-state index in [0.29, 0.717) is 12.5 Å². The van der Waals surface area contributed by atoms with Gasteiger partial charge in [-0.3, -0.25) is 0 Å². The van der Waals surface area contributed by atoms with Gasteiger partial charge in [-0.15, -0.1) is 10.2 Å². The third-order valence-corrected chi connectivity index (χ3v) is 2.36. The number of benzene rings is 1. The molecule has 0 fully saturated rings. The zero-order valence-corrected chi connectivity index (χ0v) is 9.69. The van der Waals surface area contributed by atoms with E-state index in [2.05, 4.69) is 10.2 Å². The third-order valence-electron chi connectivity index (χ3n) is 2.36. The summed E-state index contributed by atoms with van der Waals surface area (Å²) in [6.45, 7) is 4.65. The first-order chi connectivity index (χ1) is 8.09. The standard InChI is InChI=1S/C12H13F2N3/c1-8(2)6-17-7-15-16-12(17)11-9(13)4-3-5-10(11)14/h3-5,7-8H,6H2,1-2H3. The zero-order valence-electron chi connectivity index (χ0n) is 9.69. The first-order valence-electron chi connectivity index (χ1n) is 5.41. The Morgan fingerprint density at radius 2 is 1.88 bits per heavy atom. The highest BCUT2D eigenvalue weighted by atomic mass is 19.1. The lowest BCUT2D eigenvalue weighted by atomic mass is 10.1. The van der Waals surface area contributed by atoms with E-state index in [0.717, 1.165) is 0 Å². The molecule has 0 radical (unpaired) electrons. The number of rotatable bonds is 3. The smallest absolute Gasteiger partial charge is 0.169 e. The van der Waals surface area contributed by atoms with Crippen molar-refractivity contribution in [2.75, 3.05) is 0 Å². The average Bonchev–Trinajstić information content (AvgIpc) is 2.65. The van der Waals surface area contributed by atoms with Gasteiger partial charge in [-0.2, -0.15) is 0 Å². The van der Waals surface area contributed by atoms with E-state index in [1.165, 1.54) is 24.5 Å². The third kappa shape index (κ3) is 2.33. The van der Waals surface area contributed by atoms with Crippen molar-refractivity contribution in [2.24, 2.45) is 5.92 Å². The van der Waals surface area contributed by atoms with Crippen molar-refractivity contribution in [3.63, 3.8) is 0 Å². The Bertz CT molecular complexity index is 500.